The van der Waals surface area contributed by atoms with Crippen molar-refractivity contribution in [2.45, 2.75) is 94.9 Å². The van der Waals surface area contributed by atoms with E-state index in [4.69, 9.17) is 4.74 Å². The molecule has 2 amide bonds. The molecule has 0 aliphatic heterocycles. The minimum absolute atomic E-state index is 0.0816. The fourth-order valence-corrected chi connectivity index (χ4v) is 6.55. The molecule has 3 atom stereocenters. The van der Waals surface area contributed by atoms with Gasteiger partial charge < -0.3 is 25.2 Å². The first-order valence-corrected chi connectivity index (χ1v) is 14.6. The van der Waals surface area contributed by atoms with Gasteiger partial charge in [0.05, 0.1) is 16.2 Å². The zero-order chi connectivity index (χ0) is 25.5. The van der Waals surface area contributed by atoms with Gasteiger partial charge in [-0.3, -0.25) is 9.59 Å². The number of ether oxygens (including phenoxy) is 1. The molecule has 36 heavy (non-hydrogen) atoms. The van der Waals surface area contributed by atoms with Crippen molar-refractivity contribution in [1.82, 2.24) is 10.2 Å². The summed E-state index contributed by atoms with van der Waals surface area (Å²) in [6, 6.07) is 7.12. The number of rotatable bonds is 10. The third-order valence-corrected chi connectivity index (χ3v) is 8.81. The van der Waals surface area contributed by atoms with Gasteiger partial charge in [0.15, 0.2) is 0 Å². The van der Waals surface area contributed by atoms with Gasteiger partial charge in [-0.1, -0.05) is 50.7 Å². The van der Waals surface area contributed by atoms with E-state index in [1.54, 1.807) is 6.08 Å². The zero-order valence-electron chi connectivity index (χ0n) is 20.9. The lowest BCUT2D eigenvalue weighted by Gasteiger charge is -2.43. The molecule has 1 aromatic rings. The van der Waals surface area contributed by atoms with Crippen LogP contribution in [0.1, 0.15) is 70.6 Å². The van der Waals surface area contributed by atoms with Gasteiger partial charge in [-0.15, -0.1) is 0 Å². The highest BCUT2D eigenvalue weighted by Crippen LogP contribution is 2.35. The van der Waals surface area contributed by atoms with Gasteiger partial charge >= 0.3 is 0 Å². The number of amides is 2. The molecular weight excluding hydrogens is 571 g/mol. The van der Waals surface area contributed by atoms with Gasteiger partial charge in [0.25, 0.3) is 0 Å². The lowest BCUT2D eigenvalue weighted by atomic mass is 9.86. The molecule has 198 valence electrons. The van der Waals surface area contributed by atoms with Crippen LogP contribution in [0.15, 0.2) is 35.9 Å². The molecule has 1 aromatic carbocycles. The van der Waals surface area contributed by atoms with Crippen molar-refractivity contribution in [3.05, 3.63) is 39.5 Å². The van der Waals surface area contributed by atoms with Crippen molar-refractivity contribution < 1.29 is 24.5 Å². The molecule has 0 radical (unpaired) electrons. The van der Waals surface area contributed by atoms with Crippen LogP contribution in [0.25, 0.3) is 0 Å². The molecule has 8 heteroatoms. The fraction of sp³-hybridized carbons (Fsp3) is 0.643. The van der Waals surface area contributed by atoms with Crippen LogP contribution in [0.3, 0.4) is 0 Å². The first-order valence-electron chi connectivity index (χ1n) is 13.5. The Morgan fingerprint density at radius 3 is 2.47 bits per heavy atom. The third kappa shape index (κ3) is 6.81. The maximum absolute atomic E-state index is 13.7. The lowest BCUT2D eigenvalue weighted by Crippen LogP contribution is -2.57. The lowest BCUT2D eigenvalue weighted by molar-refractivity contribution is -0.142. The topological polar surface area (TPSA) is 99.1 Å². The summed E-state index contributed by atoms with van der Waals surface area (Å²) in [4.78, 5) is 28.6. The van der Waals surface area contributed by atoms with Crippen LogP contribution in [-0.4, -0.2) is 64.4 Å². The highest BCUT2D eigenvalue weighted by molar-refractivity contribution is 14.1. The first-order chi connectivity index (χ1) is 17.5. The largest absolute Gasteiger partial charge is 0.482 e. The molecule has 2 saturated carbocycles. The van der Waals surface area contributed by atoms with E-state index in [1.165, 1.54) is 25.7 Å². The summed E-state index contributed by atoms with van der Waals surface area (Å²) >= 11 is 2.19. The van der Waals surface area contributed by atoms with Crippen molar-refractivity contribution in [3.63, 3.8) is 0 Å². The van der Waals surface area contributed by atoms with Crippen molar-refractivity contribution in [3.8, 4) is 5.75 Å². The molecule has 2 fully saturated rings. The number of aliphatic hydroxyl groups excluding tert-OH is 2. The van der Waals surface area contributed by atoms with E-state index >= 15 is 0 Å². The molecule has 0 spiro atoms. The van der Waals surface area contributed by atoms with Crippen molar-refractivity contribution in [2.75, 3.05) is 13.2 Å². The SMILES string of the molecule is O=C(NCCO)C1=CC(Oc2ccccc2I)C(O)C(N(C(=O)CCC2CCCC2)C2CCCC2)C1. The molecule has 3 aliphatic carbocycles. The number of aliphatic hydroxyl groups is 2. The van der Waals surface area contributed by atoms with Crippen molar-refractivity contribution in [1.29, 1.82) is 0 Å². The van der Waals surface area contributed by atoms with Crippen molar-refractivity contribution in [2.24, 2.45) is 5.92 Å². The van der Waals surface area contributed by atoms with Crippen LogP contribution in [0, 0.1) is 9.49 Å². The second-order valence-corrected chi connectivity index (χ2v) is 11.5. The van der Waals surface area contributed by atoms with Gasteiger partial charge in [0.1, 0.15) is 18.0 Å². The van der Waals surface area contributed by atoms with Gasteiger partial charge in [0.2, 0.25) is 11.8 Å². The Bertz CT molecular complexity index is 926. The maximum Gasteiger partial charge on any atom is 0.247 e. The minimum Gasteiger partial charge on any atom is -0.482 e. The number of hydrogen-bond acceptors (Lipinski definition) is 5. The summed E-state index contributed by atoms with van der Waals surface area (Å²) in [5.74, 6) is 1.05. The normalized spacial score (nSPS) is 25.0. The van der Waals surface area contributed by atoms with E-state index in [0.29, 0.717) is 23.7 Å². The van der Waals surface area contributed by atoms with Crippen molar-refractivity contribution >= 4 is 34.4 Å². The predicted octanol–water partition coefficient (Wildman–Crippen LogP) is 3.95. The number of para-hydroxylation sites is 1. The van der Waals surface area contributed by atoms with E-state index < -0.39 is 18.2 Å². The maximum atomic E-state index is 13.7. The monoisotopic (exact) mass is 610 g/mol. The molecule has 3 N–H and O–H groups in total. The zero-order valence-corrected chi connectivity index (χ0v) is 23.1. The molecule has 0 aromatic heterocycles. The van der Waals surface area contributed by atoms with E-state index in [0.717, 1.165) is 35.7 Å². The number of nitrogens with zero attached hydrogens (tertiary/aromatic N) is 1. The number of carbonyl (C=O) groups excluding carboxylic acids is 2. The second kappa shape index (κ2) is 13.2. The Labute approximate surface area is 227 Å². The van der Waals surface area contributed by atoms with Gasteiger partial charge in [-0.2, -0.15) is 0 Å². The number of nitrogens with one attached hydrogen (secondary N) is 1. The predicted molar refractivity (Wildman–Crippen MR) is 146 cm³/mol. The summed E-state index contributed by atoms with van der Waals surface area (Å²) in [5, 5.41) is 23.5. The molecule has 3 aliphatic rings. The highest BCUT2D eigenvalue weighted by Gasteiger charge is 2.43. The van der Waals surface area contributed by atoms with Gasteiger partial charge in [-0.05, 0) is 66.0 Å². The molecule has 7 nitrogen and oxygen atoms in total. The Hall–Kier alpha value is -1.65. The van der Waals surface area contributed by atoms with Crippen LogP contribution < -0.4 is 10.1 Å². The van der Waals surface area contributed by atoms with Gasteiger partial charge in [0, 0.05) is 31.0 Å². The summed E-state index contributed by atoms with van der Waals surface area (Å²) in [7, 11) is 0. The van der Waals surface area contributed by atoms with E-state index in [2.05, 4.69) is 27.9 Å². The number of hydrogen-bond donors (Lipinski definition) is 3. The number of halogens is 1. The average molecular weight is 611 g/mol. The standard InChI is InChI=1S/C28H39IN2O5/c29-22-11-5-6-12-24(22)36-25-18-20(28(35)30-15-16-32)17-23(27(25)34)31(21-9-3-4-10-21)26(33)14-13-19-7-1-2-8-19/h5-6,11-12,18-19,21,23,25,27,32,34H,1-4,7-10,13-17H2,(H,30,35). The summed E-state index contributed by atoms with van der Waals surface area (Å²) in [6.07, 6.45) is 10.5. The summed E-state index contributed by atoms with van der Waals surface area (Å²) < 4.78 is 7.15. The van der Waals surface area contributed by atoms with E-state index in [9.17, 15) is 19.8 Å². The fourth-order valence-electron chi connectivity index (χ4n) is 6.03. The van der Waals surface area contributed by atoms with E-state index in [-0.39, 0.29) is 37.4 Å². The van der Waals surface area contributed by atoms with Crippen LogP contribution in [-0.2, 0) is 9.59 Å². The quantitative estimate of drug-likeness (QED) is 0.349. The molecule has 0 saturated heterocycles. The van der Waals surface area contributed by atoms with Crippen LogP contribution in [0.4, 0.5) is 0 Å². The molecule has 3 unspecified atom stereocenters. The first kappa shape index (κ1) is 27.4. The Morgan fingerprint density at radius 2 is 1.78 bits per heavy atom. The van der Waals surface area contributed by atoms with Crippen LogP contribution in [0.2, 0.25) is 0 Å². The summed E-state index contributed by atoms with van der Waals surface area (Å²) in [6.45, 7) is -0.000770. The Kier molecular flexibility index (Phi) is 10.1. The minimum atomic E-state index is -0.952. The number of benzene rings is 1. The number of carbonyl (C=O) groups is 2. The van der Waals surface area contributed by atoms with Crippen LogP contribution >= 0.6 is 22.6 Å². The summed E-state index contributed by atoms with van der Waals surface area (Å²) in [5.41, 5.74) is 0.487. The second-order valence-electron chi connectivity index (χ2n) is 10.4. The average Bonchev–Trinajstić information content (AvgIpc) is 3.59. The Balaban J connectivity index is 1.59. The van der Waals surface area contributed by atoms with Gasteiger partial charge in [-0.25, -0.2) is 0 Å². The molecule has 0 bridgehead atoms. The van der Waals surface area contributed by atoms with E-state index in [1.807, 2.05) is 29.2 Å². The Morgan fingerprint density at radius 1 is 1.08 bits per heavy atom. The smallest absolute Gasteiger partial charge is 0.247 e. The third-order valence-electron chi connectivity index (χ3n) is 7.92. The highest BCUT2D eigenvalue weighted by atomic mass is 127. The van der Waals surface area contributed by atoms with Crippen LogP contribution in [0.5, 0.6) is 5.75 Å². The molecular formula is C28H39IN2O5. The molecule has 0 heterocycles. The molecule has 4 rings (SSSR count).